The first kappa shape index (κ1) is 24.3. The van der Waals surface area contributed by atoms with Gasteiger partial charge in [0.2, 0.25) is 5.91 Å². The number of nitrogens with zero attached hydrogens (tertiary/aromatic N) is 1. The first-order valence-corrected chi connectivity index (χ1v) is 13.2. The number of hydrogen-bond acceptors (Lipinski definition) is 3. The number of carbonyl (C=O) groups is 1. The van der Waals surface area contributed by atoms with Crippen molar-refractivity contribution in [2.45, 2.75) is 51.0 Å². The van der Waals surface area contributed by atoms with Crippen molar-refractivity contribution in [2.24, 2.45) is 0 Å². The van der Waals surface area contributed by atoms with E-state index in [1.54, 1.807) is 49.4 Å². The molecule has 1 atom stereocenters. The van der Waals surface area contributed by atoms with E-state index in [0.717, 1.165) is 34.7 Å². The highest BCUT2D eigenvalue weighted by Crippen LogP contribution is 2.31. The molecule has 0 aliphatic heterocycles. The molecule has 1 amide bonds. The SMILES string of the molecule is Cc1ccc(S(=O)(=O)N(CC(=O)NC(C)c2ccc3c(c2)CCC3)c2cccc(Cl)c2C)cc1. The molecule has 1 unspecified atom stereocenters. The van der Waals surface area contributed by atoms with Crippen LogP contribution >= 0.6 is 11.6 Å². The van der Waals surface area contributed by atoms with Gasteiger partial charge in [0, 0.05) is 5.02 Å². The summed E-state index contributed by atoms with van der Waals surface area (Å²) in [7, 11) is -4.00. The highest BCUT2D eigenvalue weighted by Gasteiger charge is 2.29. The summed E-state index contributed by atoms with van der Waals surface area (Å²) in [5.41, 5.74) is 5.64. The third kappa shape index (κ3) is 4.98. The van der Waals surface area contributed by atoms with E-state index in [1.165, 1.54) is 11.1 Å². The van der Waals surface area contributed by atoms with Crippen LogP contribution in [0.2, 0.25) is 5.02 Å². The minimum atomic E-state index is -4.00. The molecule has 0 saturated carbocycles. The summed E-state index contributed by atoms with van der Waals surface area (Å²) < 4.78 is 28.4. The van der Waals surface area contributed by atoms with Gasteiger partial charge in [-0.15, -0.1) is 0 Å². The Labute approximate surface area is 206 Å². The van der Waals surface area contributed by atoms with E-state index in [-0.39, 0.29) is 23.4 Å². The quantitative estimate of drug-likeness (QED) is 0.468. The average Bonchev–Trinajstić information content (AvgIpc) is 3.28. The second-order valence-electron chi connectivity index (χ2n) is 8.88. The second kappa shape index (κ2) is 9.80. The van der Waals surface area contributed by atoms with Gasteiger partial charge in [-0.05, 0) is 86.6 Å². The lowest BCUT2D eigenvalue weighted by molar-refractivity contribution is -0.120. The van der Waals surface area contributed by atoms with E-state index >= 15 is 0 Å². The number of nitrogens with one attached hydrogen (secondary N) is 1. The summed E-state index contributed by atoms with van der Waals surface area (Å²) >= 11 is 6.30. The molecular weight excluding hydrogens is 468 g/mol. The van der Waals surface area contributed by atoms with Crippen molar-refractivity contribution in [2.75, 3.05) is 10.8 Å². The van der Waals surface area contributed by atoms with Gasteiger partial charge in [-0.3, -0.25) is 9.10 Å². The van der Waals surface area contributed by atoms with Gasteiger partial charge < -0.3 is 5.32 Å². The Morgan fingerprint density at radius 1 is 1.03 bits per heavy atom. The molecule has 0 saturated heterocycles. The van der Waals surface area contributed by atoms with Crippen LogP contribution in [0.3, 0.4) is 0 Å². The zero-order valence-electron chi connectivity index (χ0n) is 19.6. The van der Waals surface area contributed by atoms with Crippen molar-refractivity contribution < 1.29 is 13.2 Å². The second-order valence-corrected chi connectivity index (χ2v) is 11.1. The predicted octanol–water partition coefficient (Wildman–Crippen LogP) is 5.52. The number of fused-ring (bicyclic) bond motifs is 1. The van der Waals surface area contributed by atoms with Gasteiger partial charge in [-0.25, -0.2) is 8.42 Å². The Morgan fingerprint density at radius 3 is 2.47 bits per heavy atom. The lowest BCUT2D eigenvalue weighted by Crippen LogP contribution is -2.42. The fourth-order valence-electron chi connectivity index (χ4n) is 4.37. The zero-order chi connectivity index (χ0) is 24.5. The molecule has 0 radical (unpaired) electrons. The molecule has 0 heterocycles. The van der Waals surface area contributed by atoms with Crippen LogP contribution in [0.4, 0.5) is 5.69 Å². The smallest absolute Gasteiger partial charge is 0.264 e. The van der Waals surface area contributed by atoms with Crippen LogP contribution in [-0.4, -0.2) is 20.9 Å². The van der Waals surface area contributed by atoms with E-state index in [2.05, 4.69) is 17.4 Å². The maximum absolute atomic E-state index is 13.6. The summed E-state index contributed by atoms with van der Waals surface area (Å²) in [4.78, 5) is 13.2. The van der Waals surface area contributed by atoms with Crippen LogP contribution in [0.15, 0.2) is 65.6 Å². The van der Waals surface area contributed by atoms with Crippen LogP contribution in [0.5, 0.6) is 0 Å². The molecule has 1 aliphatic rings. The van der Waals surface area contributed by atoms with Crippen molar-refractivity contribution in [3.63, 3.8) is 0 Å². The van der Waals surface area contributed by atoms with Crippen molar-refractivity contribution >= 4 is 33.2 Å². The van der Waals surface area contributed by atoms with Gasteiger partial charge in [-0.1, -0.05) is 53.6 Å². The maximum atomic E-state index is 13.6. The molecule has 1 aliphatic carbocycles. The van der Waals surface area contributed by atoms with Crippen molar-refractivity contribution in [3.05, 3.63) is 93.5 Å². The van der Waals surface area contributed by atoms with E-state index in [9.17, 15) is 13.2 Å². The molecule has 5 nitrogen and oxygen atoms in total. The van der Waals surface area contributed by atoms with Crippen molar-refractivity contribution in [3.8, 4) is 0 Å². The first-order chi connectivity index (χ1) is 16.2. The molecule has 1 N–H and O–H groups in total. The molecule has 178 valence electrons. The average molecular weight is 497 g/mol. The number of sulfonamides is 1. The highest BCUT2D eigenvalue weighted by molar-refractivity contribution is 7.92. The number of anilines is 1. The predicted molar refractivity (Wildman–Crippen MR) is 137 cm³/mol. The fraction of sp³-hybridized carbons (Fsp3) is 0.296. The Balaban J connectivity index is 1.62. The molecular formula is C27H29ClN2O3S. The van der Waals surface area contributed by atoms with Crippen LogP contribution < -0.4 is 9.62 Å². The number of amides is 1. The topological polar surface area (TPSA) is 66.5 Å². The maximum Gasteiger partial charge on any atom is 0.264 e. The number of hydrogen-bond donors (Lipinski definition) is 1. The minimum absolute atomic E-state index is 0.122. The Kier molecular flexibility index (Phi) is 7.01. The van der Waals surface area contributed by atoms with Crippen LogP contribution in [0.25, 0.3) is 0 Å². The number of carbonyl (C=O) groups excluding carboxylic acids is 1. The lowest BCUT2D eigenvalue weighted by Gasteiger charge is -2.27. The number of aryl methyl sites for hydroxylation is 3. The van der Waals surface area contributed by atoms with Crippen molar-refractivity contribution in [1.82, 2.24) is 5.32 Å². The number of benzene rings is 3. The molecule has 7 heteroatoms. The molecule has 34 heavy (non-hydrogen) atoms. The third-order valence-corrected chi connectivity index (χ3v) is 8.59. The summed E-state index contributed by atoms with van der Waals surface area (Å²) in [6.07, 6.45) is 3.31. The van der Waals surface area contributed by atoms with Gasteiger partial charge in [0.1, 0.15) is 6.54 Å². The Morgan fingerprint density at radius 2 is 1.74 bits per heavy atom. The van der Waals surface area contributed by atoms with Crippen molar-refractivity contribution in [1.29, 1.82) is 0 Å². The molecule has 3 aromatic rings. The van der Waals surface area contributed by atoms with Gasteiger partial charge >= 0.3 is 0 Å². The van der Waals surface area contributed by atoms with Gasteiger partial charge in [0.05, 0.1) is 16.6 Å². The van der Waals surface area contributed by atoms with Crippen LogP contribution in [0, 0.1) is 13.8 Å². The summed E-state index contributed by atoms with van der Waals surface area (Å²) in [6.45, 7) is 5.20. The molecule has 0 bridgehead atoms. The normalized spacial score (nSPS) is 13.9. The fourth-order valence-corrected chi connectivity index (χ4v) is 6.01. The molecule has 0 spiro atoms. The molecule has 3 aromatic carbocycles. The van der Waals surface area contributed by atoms with E-state index in [4.69, 9.17) is 11.6 Å². The summed E-state index contributed by atoms with van der Waals surface area (Å²) in [6, 6.07) is 17.7. The zero-order valence-corrected chi connectivity index (χ0v) is 21.2. The largest absolute Gasteiger partial charge is 0.348 e. The van der Waals surface area contributed by atoms with Gasteiger partial charge in [0.25, 0.3) is 10.0 Å². The van der Waals surface area contributed by atoms with E-state index < -0.39 is 10.0 Å². The van der Waals surface area contributed by atoms with E-state index in [0.29, 0.717) is 16.3 Å². The monoisotopic (exact) mass is 496 g/mol. The first-order valence-electron chi connectivity index (χ1n) is 11.4. The third-order valence-electron chi connectivity index (χ3n) is 6.40. The Hall–Kier alpha value is -2.83. The highest BCUT2D eigenvalue weighted by atomic mass is 35.5. The van der Waals surface area contributed by atoms with Crippen LogP contribution in [-0.2, 0) is 27.7 Å². The lowest BCUT2D eigenvalue weighted by atomic mass is 10.0. The minimum Gasteiger partial charge on any atom is -0.348 e. The van der Waals surface area contributed by atoms with Gasteiger partial charge in [-0.2, -0.15) is 0 Å². The number of halogens is 1. The number of rotatable bonds is 7. The van der Waals surface area contributed by atoms with E-state index in [1.807, 2.05) is 19.9 Å². The molecule has 4 rings (SSSR count). The summed E-state index contributed by atoms with van der Waals surface area (Å²) in [5, 5.41) is 3.41. The summed E-state index contributed by atoms with van der Waals surface area (Å²) in [5.74, 6) is -0.386. The molecule has 0 fully saturated rings. The van der Waals surface area contributed by atoms with Gasteiger partial charge in [0.15, 0.2) is 0 Å². The van der Waals surface area contributed by atoms with Crippen LogP contribution in [0.1, 0.15) is 47.2 Å². The standard InChI is InChI=1S/C27H29ClN2O3S/c1-18-10-14-24(15-11-18)34(32,33)30(26-9-5-8-25(28)19(26)2)17-27(31)29-20(3)22-13-12-21-6-4-7-23(21)16-22/h5,8-16,20H,4,6-7,17H2,1-3H3,(H,29,31). The Bertz CT molecular complexity index is 1320. The molecule has 0 aromatic heterocycles.